The highest BCUT2D eigenvalue weighted by Gasteiger charge is 2.23. The van der Waals surface area contributed by atoms with Crippen LogP contribution in [0.5, 0.6) is 0 Å². The second-order valence-corrected chi connectivity index (χ2v) is 7.94. The predicted molar refractivity (Wildman–Crippen MR) is 109 cm³/mol. The maximum atomic E-state index is 12.9. The van der Waals surface area contributed by atoms with Gasteiger partial charge in [0.15, 0.2) is 5.13 Å². The smallest absolute Gasteiger partial charge is 0.288 e. The van der Waals surface area contributed by atoms with Crippen molar-refractivity contribution in [1.29, 1.82) is 0 Å². The standard InChI is InChI=1S/C18H21ClN4O4S/c1-11(2)6-7-22(9-16(24)21-18-20-12(3)10-28-18)17(25)13-4-5-14(19)15(8-13)23(26)27/h4-5,8,10-11H,6-7,9H2,1-3H3,(H,20,21,24). The van der Waals surface area contributed by atoms with Gasteiger partial charge in [-0.25, -0.2) is 4.98 Å². The van der Waals surface area contributed by atoms with Gasteiger partial charge in [-0.15, -0.1) is 11.3 Å². The SMILES string of the molecule is Cc1csc(NC(=O)CN(CCC(C)C)C(=O)c2ccc(Cl)c([N+](=O)[O-])c2)n1. The van der Waals surface area contributed by atoms with E-state index in [2.05, 4.69) is 10.3 Å². The Balaban J connectivity index is 2.19. The van der Waals surface area contributed by atoms with Crippen molar-refractivity contribution in [1.82, 2.24) is 9.88 Å². The number of nitro groups is 1. The number of hydrogen-bond acceptors (Lipinski definition) is 6. The van der Waals surface area contributed by atoms with Crippen molar-refractivity contribution in [3.05, 3.63) is 50.0 Å². The van der Waals surface area contributed by atoms with Crippen LogP contribution in [0.3, 0.4) is 0 Å². The Morgan fingerprint density at radius 2 is 2.11 bits per heavy atom. The van der Waals surface area contributed by atoms with E-state index >= 15 is 0 Å². The van der Waals surface area contributed by atoms with Gasteiger partial charge >= 0.3 is 0 Å². The van der Waals surface area contributed by atoms with Crippen LogP contribution >= 0.6 is 22.9 Å². The lowest BCUT2D eigenvalue weighted by molar-refractivity contribution is -0.384. The summed E-state index contributed by atoms with van der Waals surface area (Å²) in [4.78, 5) is 41.3. The minimum atomic E-state index is -0.644. The number of rotatable bonds is 8. The molecule has 1 aromatic heterocycles. The summed E-state index contributed by atoms with van der Waals surface area (Å²) in [5, 5.41) is 16.0. The van der Waals surface area contributed by atoms with Gasteiger partial charge in [0.25, 0.3) is 11.6 Å². The Bertz CT molecular complexity index is 884. The highest BCUT2D eigenvalue weighted by Crippen LogP contribution is 2.26. The molecule has 0 unspecified atom stereocenters. The maximum absolute atomic E-state index is 12.9. The molecular formula is C18H21ClN4O4S. The van der Waals surface area contributed by atoms with Crippen molar-refractivity contribution in [3.63, 3.8) is 0 Å². The average Bonchev–Trinajstić information content (AvgIpc) is 3.02. The molecule has 0 aliphatic carbocycles. The van der Waals surface area contributed by atoms with Crippen molar-refractivity contribution < 1.29 is 14.5 Å². The van der Waals surface area contributed by atoms with Crippen LogP contribution in [0.2, 0.25) is 5.02 Å². The first-order chi connectivity index (χ1) is 13.2. The van der Waals surface area contributed by atoms with E-state index in [1.807, 2.05) is 26.2 Å². The number of aryl methyl sites for hydroxylation is 1. The summed E-state index contributed by atoms with van der Waals surface area (Å²) >= 11 is 7.12. The number of amides is 2. The van der Waals surface area contributed by atoms with Crippen LogP contribution in [0, 0.1) is 23.0 Å². The monoisotopic (exact) mass is 424 g/mol. The Morgan fingerprint density at radius 1 is 1.39 bits per heavy atom. The largest absolute Gasteiger partial charge is 0.329 e. The predicted octanol–water partition coefficient (Wildman–Crippen LogP) is 4.14. The molecule has 0 spiro atoms. The van der Waals surface area contributed by atoms with Gasteiger partial charge in [0, 0.05) is 23.6 Å². The molecule has 0 radical (unpaired) electrons. The zero-order valence-electron chi connectivity index (χ0n) is 15.8. The molecule has 0 bridgehead atoms. The highest BCUT2D eigenvalue weighted by atomic mass is 35.5. The molecule has 0 atom stereocenters. The quantitative estimate of drug-likeness (QED) is 0.506. The van der Waals surface area contributed by atoms with Gasteiger partial charge in [-0.3, -0.25) is 19.7 Å². The summed E-state index contributed by atoms with van der Waals surface area (Å²) in [5.74, 6) is -0.527. The third-order valence-electron chi connectivity index (χ3n) is 3.85. The van der Waals surface area contributed by atoms with Crippen molar-refractivity contribution in [3.8, 4) is 0 Å². The lowest BCUT2D eigenvalue weighted by Crippen LogP contribution is -2.39. The van der Waals surface area contributed by atoms with E-state index in [0.29, 0.717) is 24.0 Å². The molecule has 8 nitrogen and oxygen atoms in total. The van der Waals surface area contributed by atoms with E-state index < -0.39 is 10.8 Å². The number of hydrogen-bond donors (Lipinski definition) is 1. The molecular weight excluding hydrogens is 404 g/mol. The molecule has 1 aromatic carbocycles. The van der Waals surface area contributed by atoms with Crippen molar-refractivity contribution in [2.75, 3.05) is 18.4 Å². The first kappa shape index (κ1) is 21.8. The summed E-state index contributed by atoms with van der Waals surface area (Å²) in [6.45, 7) is 6.00. The highest BCUT2D eigenvalue weighted by molar-refractivity contribution is 7.13. The molecule has 0 saturated carbocycles. The van der Waals surface area contributed by atoms with Crippen molar-refractivity contribution >= 4 is 45.6 Å². The molecule has 2 rings (SSSR count). The third-order valence-corrected chi connectivity index (χ3v) is 5.05. The molecule has 0 fully saturated rings. The summed E-state index contributed by atoms with van der Waals surface area (Å²) in [5.41, 5.74) is 0.554. The van der Waals surface area contributed by atoms with Crippen LogP contribution in [-0.2, 0) is 4.79 Å². The van der Waals surface area contributed by atoms with Crippen LogP contribution < -0.4 is 5.32 Å². The number of halogens is 1. The van der Waals surface area contributed by atoms with Gasteiger partial charge in [-0.05, 0) is 31.4 Å². The Kier molecular flexibility index (Phi) is 7.47. The molecule has 2 amide bonds. The van der Waals surface area contributed by atoms with E-state index in [1.165, 1.54) is 28.4 Å². The second kappa shape index (κ2) is 9.61. The van der Waals surface area contributed by atoms with E-state index in [-0.39, 0.29) is 28.7 Å². The molecule has 10 heteroatoms. The van der Waals surface area contributed by atoms with Crippen LogP contribution in [0.25, 0.3) is 0 Å². The Morgan fingerprint density at radius 3 is 2.68 bits per heavy atom. The van der Waals surface area contributed by atoms with Crippen LogP contribution in [-0.4, -0.2) is 39.7 Å². The fourth-order valence-corrected chi connectivity index (χ4v) is 3.27. The van der Waals surface area contributed by atoms with Crippen molar-refractivity contribution in [2.45, 2.75) is 27.2 Å². The third kappa shape index (κ3) is 6.00. The van der Waals surface area contributed by atoms with E-state index in [1.54, 1.807) is 0 Å². The number of nitro benzene ring substituents is 1. The van der Waals surface area contributed by atoms with Crippen molar-refractivity contribution in [2.24, 2.45) is 5.92 Å². The van der Waals surface area contributed by atoms with Gasteiger partial charge < -0.3 is 10.2 Å². The van der Waals surface area contributed by atoms with Gasteiger partial charge in [-0.1, -0.05) is 25.4 Å². The molecule has 1 N–H and O–H groups in total. The number of benzene rings is 1. The number of aromatic nitrogens is 1. The van der Waals surface area contributed by atoms with Gasteiger partial charge in [0.1, 0.15) is 11.6 Å². The van der Waals surface area contributed by atoms with E-state index in [0.717, 1.165) is 11.8 Å². The summed E-state index contributed by atoms with van der Waals surface area (Å²) in [7, 11) is 0. The van der Waals surface area contributed by atoms with Gasteiger partial charge in [-0.2, -0.15) is 0 Å². The fourth-order valence-electron chi connectivity index (χ4n) is 2.38. The van der Waals surface area contributed by atoms with Crippen LogP contribution in [0.15, 0.2) is 23.6 Å². The number of carbonyl (C=O) groups excluding carboxylic acids is 2. The molecule has 0 aliphatic rings. The summed E-state index contributed by atoms with van der Waals surface area (Å²) in [6.07, 6.45) is 0.686. The lowest BCUT2D eigenvalue weighted by Gasteiger charge is -2.23. The number of thiazole rings is 1. The van der Waals surface area contributed by atoms with Gasteiger partial charge in [0.05, 0.1) is 10.6 Å². The van der Waals surface area contributed by atoms with Crippen LogP contribution in [0.4, 0.5) is 10.8 Å². The zero-order chi connectivity index (χ0) is 20.8. The molecule has 28 heavy (non-hydrogen) atoms. The Labute approximate surface area is 171 Å². The second-order valence-electron chi connectivity index (χ2n) is 6.67. The number of anilines is 1. The summed E-state index contributed by atoms with van der Waals surface area (Å²) < 4.78 is 0. The summed E-state index contributed by atoms with van der Waals surface area (Å²) in [6, 6.07) is 3.86. The van der Waals surface area contributed by atoms with Gasteiger partial charge in [0.2, 0.25) is 5.91 Å². The number of nitrogens with one attached hydrogen (secondary N) is 1. The molecule has 0 saturated heterocycles. The lowest BCUT2D eigenvalue weighted by atomic mass is 10.1. The molecule has 150 valence electrons. The minimum Gasteiger partial charge on any atom is -0.329 e. The average molecular weight is 425 g/mol. The normalized spacial score (nSPS) is 10.8. The molecule has 1 heterocycles. The van der Waals surface area contributed by atoms with E-state index in [4.69, 9.17) is 11.6 Å². The van der Waals surface area contributed by atoms with E-state index in [9.17, 15) is 19.7 Å². The minimum absolute atomic E-state index is 0.0489. The fraction of sp³-hybridized carbons (Fsp3) is 0.389. The molecule has 2 aromatic rings. The zero-order valence-corrected chi connectivity index (χ0v) is 17.3. The first-order valence-electron chi connectivity index (χ1n) is 8.62. The van der Waals surface area contributed by atoms with Crippen LogP contribution in [0.1, 0.15) is 36.3 Å². The number of nitrogens with zero attached hydrogens (tertiary/aromatic N) is 3. The first-order valence-corrected chi connectivity index (χ1v) is 9.88. The Hall–Kier alpha value is -2.52. The topological polar surface area (TPSA) is 105 Å². The molecule has 0 aliphatic heterocycles. The number of carbonyl (C=O) groups is 2. The maximum Gasteiger partial charge on any atom is 0.288 e.